The highest BCUT2D eigenvalue weighted by atomic mass is 16.5. The van der Waals surface area contributed by atoms with Gasteiger partial charge in [0.1, 0.15) is 0 Å². The minimum absolute atomic E-state index is 0.0126. The molecule has 2 atom stereocenters. The minimum atomic E-state index is -0.120. The first-order valence-corrected chi connectivity index (χ1v) is 7.00. The molecule has 1 fully saturated rings. The Labute approximate surface area is 121 Å². The summed E-state index contributed by atoms with van der Waals surface area (Å²) in [5.74, 6) is 0.463. The van der Waals surface area contributed by atoms with E-state index in [1.54, 1.807) is 7.11 Å². The molecule has 4 nitrogen and oxygen atoms in total. The van der Waals surface area contributed by atoms with Crippen LogP contribution in [0.15, 0.2) is 29.3 Å². The molecule has 1 aromatic carbocycles. The molecule has 0 spiro atoms. The normalized spacial score (nSPS) is 28.9. The van der Waals surface area contributed by atoms with E-state index in [0.29, 0.717) is 5.96 Å². The maximum absolute atomic E-state index is 6.00. The number of nitrogens with zero attached hydrogens (tertiary/aromatic N) is 1. The number of benzene rings is 1. The van der Waals surface area contributed by atoms with E-state index in [1.807, 2.05) is 24.3 Å². The average molecular weight is 275 g/mol. The first-order valence-electron chi connectivity index (χ1n) is 7.00. The molecule has 0 amide bonds. The van der Waals surface area contributed by atoms with Crippen LogP contribution in [0.5, 0.6) is 0 Å². The van der Waals surface area contributed by atoms with Gasteiger partial charge >= 0.3 is 0 Å². The molecular formula is C16H25N3O. The number of nitrogens with one attached hydrogen (secondary N) is 1. The lowest BCUT2D eigenvalue weighted by Gasteiger charge is -2.57. The summed E-state index contributed by atoms with van der Waals surface area (Å²) in [7, 11) is 1.76. The number of aryl methyl sites for hydroxylation is 1. The summed E-state index contributed by atoms with van der Waals surface area (Å²) in [6, 6.07) is 8.28. The van der Waals surface area contributed by atoms with E-state index in [4.69, 9.17) is 10.5 Å². The van der Waals surface area contributed by atoms with Gasteiger partial charge in [-0.1, -0.05) is 31.5 Å². The first kappa shape index (κ1) is 14.9. The molecule has 2 rings (SSSR count). The molecule has 0 aromatic heterocycles. The lowest BCUT2D eigenvalue weighted by Crippen LogP contribution is -2.62. The third kappa shape index (κ3) is 2.52. The van der Waals surface area contributed by atoms with Gasteiger partial charge in [-0.25, -0.2) is 4.99 Å². The van der Waals surface area contributed by atoms with Crippen molar-refractivity contribution >= 4 is 11.6 Å². The molecule has 0 aliphatic heterocycles. The molecule has 1 aromatic rings. The first-order chi connectivity index (χ1) is 9.28. The van der Waals surface area contributed by atoms with E-state index < -0.39 is 0 Å². The fourth-order valence-electron chi connectivity index (χ4n) is 2.65. The average Bonchev–Trinajstić information content (AvgIpc) is 2.40. The Kier molecular flexibility index (Phi) is 3.78. The summed E-state index contributed by atoms with van der Waals surface area (Å²) in [6.45, 7) is 8.53. The van der Waals surface area contributed by atoms with Crippen LogP contribution >= 0.6 is 0 Å². The number of hydrogen-bond donors (Lipinski definition) is 2. The van der Waals surface area contributed by atoms with Crippen molar-refractivity contribution < 1.29 is 4.74 Å². The Morgan fingerprint density at radius 2 is 1.90 bits per heavy atom. The zero-order valence-corrected chi connectivity index (χ0v) is 13.0. The van der Waals surface area contributed by atoms with Gasteiger partial charge in [0.25, 0.3) is 0 Å². The van der Waals surface area contributed by atoms with Crippen LogP contribution in [0.2, 0.25) is 0 Å². The van der Waals surface area contributed by atoms with Crippen molar-refractivity contribution in [2.24, 2.45) is 16.1 Å². The third-order valence-corrected chi connectivity index (χ3v) is 4.85. The number of aliphatic imine (C=N–C) groups is 1. The van der Waals surface area contributed by atoms with Crippen molar-refractivity contribution in [2.75, 3.05) is 12.4 Å². The van der Waals surface area contributed by atoms with Crippen LogP contribution in [0, 0.1) is 12.3 Å². The van der Waals surface area contributed by atoms with Crippen LogP contribution in [0.4, 0.5) is 5.69 Å². The largest absolute Gasteiger partial charge is 0.378 e. The second kappa shape index (κ2) is 5.09. The highest BCUT2D eigenvalue weighted by molar-refractivity contribution is 5.92. The molecule has 0 saturated heterocycles. The van der Waals surface area contributed by atoms with Gasteiger partial charge in [-0.15, -0.1) is 0 Å². The minimum Gasteiger partial charge on any atom is -0.378 e. The Bertz CT molecular complexity index is 507. The molecule has 2 unspecified atom stereocenters. The van der Waals surface area contributed by atoms with E-state index in [1.165, 1.54) is 5.56 Å². The smallest absolute Gasteiger partial charge is 0.193 e. The second-order valence-corrected chi connectivity index (χ2v) is 6.38. The molecule has 1 saturated carbocycles. The van der Waals surface area contributed by atoms with Crippen molar-refractivity contribution in [3.05, 3.63) is 29.8 Å². The molecular weight excluding hydrogens is 250 g/mol. The molecule has 1 aliphatic rings. The van der Waals surface area contributed by atoms with Crippen LogP contribution in [-0.4, -0.2) is 24.7 Å². The number of guanidine groups is 1. The number of anilines is 1. The van der Waals surface area contributed by atoms with Gasteiger partial charge in [-0.3, -0.25) is 0 Å². The molecule has 110 valence electrons. The lowest BCUT2D eigenvalue weighted by molar-refractivity contribution is -0.171. The van der Waals surface area contributed by atoms with Crippen molar-refractivity contribution in [3.8, 4) is 0 Å². The van der Waals surface area contributed by atoms with Crippen molar-refractivity contribution in [1.82, 2.24) is 0 Å². The summed E-state index contributed by atoms with van der Waals surface area (Å²) < 4.78 is 5.60. The third-order valence-electron chi connectivity index (χ3n) is 4.85. The van der Waals surface area contributed by atoms with E-state index in [9.17, 15) is 0 Å². The van der Waals surface area contributed by atoms with Gasteiger partial charge in [-0.2, -0.15) is 0 Å². The van der Waals surface area contributed by atoms with Gasteiger partial charge in [0, 0.05) is 18.2 Å². The van der Waals surface area contributed by atoms with E-state index in [2.05, 4.69) is 38.0 Å². The standard InChI is InChI=1S/C16H25N3O/c1-11-6-8-12(9-7-11)18-14(17)19-13-10-16(4,20-5)15(13,2)3/h6-9,13H,10H2,1-5H3,(H3,17,18,19). The predicted molar refractivity (Wildman–Crippen MR) is 84.0 cm³/mol. The van der Waals surface area contributed by atoms with E-state index >= 15 is 0 Å². The topological polar surface area (TPSA) is 59.6 Å². The zero-order chi connectivity index (χ0) is 15.0. The lowest BCUT2D eigenvalue weighted by atomic mass is 9.56. The van der Waals surface area contributed by atoms with Gasteiger partial charge in [0.05, 0.1) is 11.6 Å². The Morgan fingerprint density at radius 3 is 2.40 bits per heavy atom. The number of ether oxygens (including phenoxy) is 1. The van der Waals surface area contributed by atoms with E-state index in [-0.39, 0.29) is 17.1 Å². The molecule has 1 aliphatic carbocycles. The summed E-state index contributed by atoms with van der Waals surface area (Å²) in [6.07, 6.45) is 0.896. The Balaban J connectivity index is 2.03. The monoisotopic (exact) mass is 275 g/mol. The summed E-state index contributed by atoms with van der Waals surface area (Å²) >= 11 is 0. The second-order valence-electron chi connectivity index (χ2n) is 6.38. The van der Waals surface area contributed by atoms with Gasteiger partial charge in [-0.05, 0) is 32.4 Å². The van der Waals surface area contributed by atoms with Crippen molar-refractivity contribution in [1.29, 1.82) is 0 Å². The predicted octanol–water partition coefficient (Wildman–Crippen LogP) is 2.93. The summed E-state index contributed by atoms with van der Waals surface area (Å²) in [4.78, 5) is 4.60. The molecule has 0 radical (unpaired) electrons. The maximum atomic E-state index is 6.00. The maximum Gasteiger partial charge on any atom is 0.193 e. The van der Waals surface area contributed by atoms with E-state index in [0.717, 1.165) is 12.1 Å². The highest BCUT2D eigenvalue weighted by Crippen LogP contribution is 2.53. The molecule has 3 N–H and O–H groups in total. The van der Waals surface area contributed by atoms with Crippen molar-refractivity contribution in [3.63, 3.8) is 0 Å². The Hall–Kier alpha value is -1.55. The fourth-order valence-corrected chi connectivity index (χ4v) is 2.65. The number of nitrogens with two attached hydrogens (primary N) is 1. The van der Waals surface area contributed by atoms with Crippen LogP contribution in [0.3, 0.4) is 0 Å². The molecule has 0 heterocycles. The van der Waals surface area contributed by atoms with Gasteiger partial charge in [0.2, 0.25) is 0 Å². The number of rotatable bonds is 3. The van der Waals surface area contributed by atoms with Crippen LogP contribution < -0.4 is 11.1 Å². The fraction of sp³-hybridized carbons (Fsp3) is 0.562. The van der Waals surface area contributed by atoms with Gasteiger partial charge < -0.3 is 15.8 Å². The van der Waals surface area contributed by atoms with Crippen LogP contribution in [0.1, 0.15) is 32.8 Å². The molecule has 20 heavy (non-hydrogen) atoms. The van der Waals surface area contributed by atoms with Gasteiger partial charge in [0.15, 0.2) is 5.96 Å². The molecule has 4 heteroatoms. The summed E-state index contributed by atoms with van der Waals surface area (Å²) in [5, 5.41) is 3.14. The molecule has 0 bridgehead atoms. The van der Waals surface area contributed by atoms with Crippen LogP contribution in [-0.2, 0) is 4.74 Å². The Morgan fingerprint density at radius 1 is 1.30 bits per heavy atom. The summed E-state index contributed by atoms with van der Waals surface area (Å²) in [5.41, 5.74) is 8.06. The quantitative estimate of drug-likeness (QED) is 0.658. The number of methoxy groups -OCH3 is 1. The number of hydrogen-bond acceptors (Lipinski definition) is 2. The van der Waals surface area contributed by atoms with Crippen molar-refractivity contribution in [2.45, 2.75) is 45.8 Å². The van der Waals surface area contributed by atoms with Crippen LogP contribution in [0.25, 0.3) is 0 Å². The SMILES string of the molecule is COC1(C)CC(N=C(N)Nc2ccc(C)cc2)C1(C)C. The zero-order valence-electron chi connectivity index (χ0n) is 13.0. The highest BCUT2D eigenvalue weighted by Gasteiger charge is 2.58.